The molecule has 0 aliphatic rings. The highest BCUT2D eigenvalue weighted by molar-refractivity contribution is 7.89. The average Bonchev–Trinajstić information content (AvgIpc) is 3.18. The minimum atomic E-state index is -3.75. The maximum atomic E-state index is 12.3. The third-order valence-corrected chi connectivity index (χ3v) is 5.30. The van der Waals surface area contributed by atoms with Gasteiger partial charge >= 0.3 is 5.97 Å². The average molecular weight is 408 g/mol. The van der Waals surface area contributed by atoms with Crippen LogP contribution < -0.4 is 10.0 Å². The summed E-state index contributed by atoms with van der Waals surface area (Å²) in [6.45, 7) is 3.52. The van der Waals surface area contributed by atoms with Crippen LogP contribution in [-0.2, 0) is 26.1 Å². The number of benzene rings is 1. The van der Waals surface area contributed by atoms with Crippen LogP contribution >= 0.6 is 0 Å². The molecule has 2 aromatic rings. The molecule has 0 bridgehead atoms. The fraction of sp³-hybridized carbons (Fsp3) is 0.368. The Morgan fingerprint density at radius 3 is 2.50 bits per heavy atom. The third-order valence-electron chi connectivity index (χ3n) is 3.88. The van der Waals surface area contributed by atoms with Gasteiger partial charge in [0, 0.05) is 6.04 Å². The van der Waals surface area contributed by atoms with Crippen molar-refractivity contribution in [2.24, 2.45) is 0 Å². The highest BCUT2D eigenvalue weighted by Crippen LogP contribution is 2.12. The Hall–Kier alpha value is -2.65. The number of nitrogens with one attached hydrogen (secondary N) is 2. The predicted molar refractivity (Wildman–Crippen MR) is 102 cm³/mol. The molecule has 152 valence electrons. The first-order chi connectivity index (χ1) is 13.3. The highest BCUT2D eigenvalue weighted by atomic mass is 32.2. The molecule has 0 spiro atoms. The second-order valence-electron chi connectivity index (χ2n) is 6.26. The molecule has 0 fully saturated rings. The number of hydrogen-bond acceptors (Lipinski definition) is 6. The first-order valence-corrected chi connectivity index (χ1v) is 10.4. The molecule has 0 aliphatic carbocycles. The summed E-state index contributed by atoms with van der Waals surface area (Å²) in [5.74, 6) is -0.600. The SMILES string of the molecule is CCCC(C)NC(=O)COC(=O)c1ccc(S(=O)(=O)NCc2ccco2)cc1. The van der Waals surface area contributed by atoms with E-state index in [1.807, 2.05) is 13.8 Å². The van der Waals surface area contributed by atoms with Crippen LogP contribution in [0, 0.1) is 0 Å². The number of rotatable bonds is 10. The summed E-state index contributed by atoms with van der Waals surface area (Å²) in [6.07, 6.45) is 3.23. The van der Waals surface area contributed by atoms with E-state index in [9.17, 15) is 18.0 Å². The van der Waals surface area contributed by atoms with Crippen LogP contribution in [0.4, 0.5) is 0 Å². The molecule has 0 saturated carbocycles. The lowest BCUT2D eigenvalue weighted by Crippen LogP contribution is -2.35. The second-order valence-corrected chi connectivity index (χ2v) is 8.03. The molecule has 1 aromatic carbocycles. The van der Waals surface area contributed by atoms with Crippen molar-refractivity contribution in [3.05, 3.63) is 54.0 Å². The zero-order valence-corrected chi connectivity index (χ0v) is 16.6. The Kier molecular flexibility index (Phi) is 7.77. The standard InChI is InChI=1S/C19H24N2O6S/c1-3-5-14(2)21-18(22)13-27-19(23)15-7-9-17(10-8-15)28(24,25)20-12-16-6-4-11-26-16/h4,6-11,14,20H,3,5,12-13H2,1-2H3,(H,21,22). The molecule has 0 radical (unpaired) electrons. The summed E-state index contributed by atoms with van der Waals surface area (Å²) in [7, 11) is -3.75. The predicted octanol–water partition coefficient (Wildman–Crippen LogP) is 2.22. The first-order valence-electron chi connectivity index (χ1n) is 8.90. The summed E-state index contributed by atoms with van der Waals surface area (Å²) in [5.41, 5.74) is 0.152. The number of sulfonamides is 1. The number of carbonyl (C=O) groups excluding carboxylic acids is 2. The van der Waals surface area contributed by atoms with E-state index >= 15 is 0 Å². The molecule has 8 nitrogen and oxygen atoms in total. The zero-order valence-electron chi connectivity index (χ0n) is 15.8. The van der Waals surface area contributed by atoms with Gasteiger partial charge in [0.05, 0.1) is 23.3 Å². The Balaban J connectivity index is 1.88. The molecule has 9 heteroatoms. The van der Waals surface area contributed by atoms with Crippen LogP contribution in [0.5, 0.6) is 0 Å². The molecular weight excluding hydrogens is 384 g/mol. The summed E-state index contributed by atoms with van der Waals surface area (Å²) >= 11 is 0. The van der Waals surface area contributed by atoms with Crippen LogP contribution in [0.25, 0.3) is 0 Å². The minimum absolute atomic E-state index is 0.00161. The van der Waals surface area contributed by atoms with Crippen LogP contribution in [0.15, 0.2) is 52.0 Å². The Morgan fingerprint density at radius 1 is 1.18 bits per heavy atom. The maximum absolute atomic E-state index is 12.3. The largest absolute Gasteiger partial charge is 0.468 e. The van der Waals surface area contributed by atoms with Gasteiger partial charge in [-0.3, -0.25) is 4.79 Å². The van der Waals surface area contributed by atoms with Gasteiger partial charge in [0.2, 0.25) is 10.0 Å². The van der Waals surface area contributed by atoms with Crippen molar-refractivity contribution in [3.63, 3.8) is 0 Å². The summed E-state index contributed by atoms with van der Waals surface area (Å²) in [5, 5.41) is 2.73. The van der Waals surface area contributed by atoms with E-state index in [0.29, 0.717) is 5.76 Å². The van der Waals surface area contributed by atoms with Gasteiger partial charge in [0.15, 0.2) is 6.61 Å². The van der Waals surface area contributed by atoms with Crippen LogP contribution in [0.1, 0.15) is 42.8 Å². The van der Waals surface area contributed by atoms with E-state index in [2.05, 4.69) is 10.0 Å². The second kappa shape index (κ2) is 10.0. The number of ether oxygens (including phenoxy) is 1. The lowest BCUT2D eigenvalue weighted by atomic mass is 10.2. The van der Waals surface area contributed by atoms with Crippen molar-refractivity contribution in [2.45, 2.75) is 44.2 Å². The topological polar surface area (TPSA) is 115 Å². The fourth-order valence-electron chi connectivity index (χ4n) is 2.47. The van der Waals surface area contributed by atoms with Gasteiger partial charge in [-0.05, 0) is 49.7 Å². The van der Waals surface area contributed by atoms with Crippen LogP contribution in [0.3, 0.4) is 0 Å². The molecule has 2 N–H and O–H groups in total. The van der Waals surface area contributed by atoms with Gasteiger partial charge in [-0.15, -0.1) is 0 Å². The molecule has 1 amide bonds. The van der Waals surface area contributed by atoms with Gasteiger partial charge < -0.3 is 14.5 Å². The van der Waals surface area contributed by atoms with Crippen LogP contribution in [0.2, 0.25) is 0 Å². The van der Waals surface area contributed by atoms with E-state index < -0.39 is 22.6 Å². The molecule has 1 atom stereocenters. The summed E-state index contributed by atoms with van der Waals surface area (Å²) in [4.78, 5) is 23.8. The third kappa shape index (κ3) is 6.50. The molecule has 28 heavy (non-hydrogen) atoms. The fourth-order valence-corrected chi connectivity index (χ4v) is 3.46. The monoisotopic (exact) mass is 408 g/mol. The molecule has 1 aromatic heterocycles. The van der Waals surface area contributed by atoms with Crippen molar-refractivity contribution in [2.75, 3.05) is 6.61 Å². The maximum Gasteiger partial charge on any atom is 0.338 e. The number of amides is 1. The van der Waals surface area contributed by atoms with E-state index in [-0.39, 0.29) is 29.0 Å². The number of carbonyl (C=O) groups is 2. The lowest BCUT2D eigenvalue weighted by molar-refractivity contribution is -0.124. The van der Waals surface area contributed by atoms with E-state index in [4.69, 9.17) is 9.15 Å². The van der Waals surface area contributed by atoms with Crippen molar-refractivity contribution in [3.8, 4) is 0 Å². The zero-order chi connectivity index (χ0) is 20.6. The molecule has 1 heterocycles. The molecule has 0 aliphatic heterocycles. The quantitative estimate of drug-likeness (QED) is 0.583. The Bertz CT molecular complexity index is 876. The van der Waals surface area contributed by atoms with Gasteiger partial charge in [-0.25, -0.2) is 17.9 Å². The van der Waals surface area contributed by atoms with Crippen molar-refractivity contribution in [1.82, 2.24) is 10.0 Å². The first kappa shape index (κ1) is 21.6. The van der Waals surface area contributed by atoms with Gasteiger partial charge in [-0.1, -0.05) is 13.3 Å². The van der Waals surface area contributed by atoms with Crippen molar-refractivity contribution < 1.29 is 27.2 Å². The lowest BCUT2D eigenvalue weighted by Gasteiger charge is -2.12. The smallest absolute Gasteiger partial charge is 0.338 e. The van der Waals surface area contributed by atoms with Gasteiger partial charge in [0.1, 0.15) is 5.76 Å². The Labute approximate surface area is 164 Å². The van der Waals surface area contributed by atoms with Crippen molar-refractivity contribution in [1.29, 1.82) is 0 Å². The number of hydrogen-bond donors (Lipinski definition) is 2. The summed E-state index contributed by atoms with van der Waals surface area (Å²) in [6, 6.07) is 8.59. The van der Waals surface area contributed by atoms with Gasteiger partial charge in [-0.2, -0.15) is 0 Å². The molecule has 1 unspecified atom stereocenters. The molecule has 0 saturated heterocycles. The van der Waals surface area contributed by atoms with Crippen LogP contribution in [-0.4, -0.2) is 32.9 Å². The van der Waals surface area contributed by atoms with E-state index in [1.54, 1.807) is 12.1 Å². The number of furan rings is 1. The summed E-state index contributed by atoms with van der Waals surface area (Å²) < 4.78 is 37.0. The minimum Gasteiger partial charge on any atom is -0.468 e. The molecule has 2 rings (SSSR count). The van der Waals surface area contributed by atoms with E-state index in [1.165, 1.54) is 30.5 Å². The number of esters is 1. The Morgan fingerprint density at radius 2 is 1.89 bits per heavy atom. The highest BCUT2D eigenvalue weighted by Gasteiger charge is 2.16. The molecular formula is C19H24N2O6S. The van der Waals surface area contributed by atoms with E-state index in [0.717, 1.165) is 12.8 Å². The van der Waals surface area contributed by atoms with Gasteiger partial charge in [0.25, 0.3) is 5.91 Å². The normalized spacial score (nSPS) is 12.4. The van der Waals surface area contributed by atoms with Crippen molar-refractivity contribution >= 4 is 21.9 Å².